The van der Waals surface area contributed by atoms with Crippen molar-refractivity contribution in [3.8, 4) is 0 Å². The maximum absolute atomic E-state index is 13.5. The van der Waals surface area contributed by atoms with Crippen LogP contribution in [0.25, 0.3) is 0 Å². The van der Waals surface area contributed by atoms with Crippen molar-refractivity contribution in [3.05, 3.63) is 48.1 Å². The quantitative estimate of drug-likeness (QED) is 0.214. The molecule has 0 aromatic heterocycles. The number of carboxylic acids is 1. The van der Waals surface area contributed by atoms with Gasteiger partial charge in [-0.3, -0.25) is 0 Å². The molecule has 1 N–H and O–H groups in total. The minimum absolute atomic E-state index is 0.261. The Balaban J connectivity index is 3.76. The van der Waals surface area contributed by atoms with Gasteiger partial charge in [-0.1, -0.05) is 70.4 Å². The Morgan fingerprint density at radius 2 is 1.38 bits per heavy atom. The molecular weight excluding hydrogens is 310 g/mol. The van der Waals surface area contributed by atoms with Crippen LogP contribution in [-0.2, 0) is 4.79 Å². The van der Waals surface area contributed by atoms with Crippen molar-refractivity contribution in [2.24, 2.45) is 0 Å². The molecule has 0 aromatic carbocycles. The van der Waals surface area contributed by atoms with Gasteiger partial charge in [0.1, 0.15) is 5.83 Å². The fraction of sp³-hybridized carbons (Fsp3) is 0.550. The molecule has 0 aliphatic rings. The van der Waals surface area contributed by atoms with Crippen LogP contribution >= 0.6 is 0 Å². The Labute approximate surface area is 144 Å². The van der Waals surface area contributed by atoms with Crippen molar-refractivity contribution in [2.75, 3.05) is 0 Å². The highest BCUT2D eigenvalue weighted by Gasteiger charge is 1.95. The largest absolute Gasteiger partial charge is 0.478 e. The Morgan fingerprint density at radius 3 is 1.96 bits per heavy atom. The van der Waals surface area contributed by atoms with Gasteiger partial charge in [0.2, 0.25) is 0 Å². The molecule has 0 aliphatic carbocycles. The van der Waals surface area contributed by atoms with Crippen LogP contribution in [0.15, 0.2) is 48.1 Å². The molecule has 24 heavy (non-hydrogen) atoms. The summed E-state index contributed by atoms with van der Waals surface area (Å²) < 4.78 is 26.7. The SMILES string of the molecule is CCCCCCCCCCC/C(F)=C/C=C/C(F)=C/C=C/C(=O)O. The molecule has 0 rings (SSSR count). The molecule has 0 radical (unpaired) electrons. The molecule has 0 amide bonds. The Bertz CT molecular complexity index is 449. The average molecular weight is 340 g/mol. The molecule has 4 heteroatoms. The van der Waals surface area contributed by atoms with E-state index in [0.717, 1.165) is 43.6 Å². The fourth-order valence-corrected chi connectivity index (χ4v) is 2.21. The lowest BCUT2D eigenvalue weighted by Gasteiger charge is -2.01. The summed E-state index contributed by atoms with van der Waals surface area (Å²) in [4.78, 5) is 10.2. The smallest absolute Gasteiger partial charge is 0.328 e. The summed E-state index contributed by atoms with van der Waals surface area (Å²) in [6.07, 6.45) is 17.6. The molecule has 0 atom stereocenters. The summed E-state index contributed by atoms with van der Waals surface area (Å²) in [6.45, 7) is 2.21. The van der Waals surface area contributed by atoms with Gasteiger partial charge >= 0.3 is 5.97 Å². The van der Waals surface area contributed by atoms with E-state index in [1.165, 1.54) is 50.7 Å². The maximum atomic E-state index is 13.5. The van der Waals surface area contributed by atoms with E-state index in [1.54, 1.807) is 0 Å². The number of carbonyl (C=O) groups is 1. The van der Waals surface area contributed by atoms with Crippen molar-refractivity contribution < 1.29 is 18.7 Å². The number of rotatable bonds is 14. The zero-order chi connectivity index (χ0) is 18.0. The first-order valence-corrected chi connectivity index (χ1v) is 8.85. The van der Waals surface area contributed by atoms with Crippen molar-refractivity contribution in [1.29, 1.82) is 0 Å². The predicted molar refractivity (Wildman–Crippen MR) is 96.1 cm³/mol. The van der Waals surface area contributed by atoms with Gasteiger partial charge in [-0.05, 0) is 31.1 Å². The van der Waals surface area contributed by atoms with E-state index in [2.05, 4.69) is 6.92 Å². The third-order valence-electron chi connectivity index (χ3n) is 3.55. The molecule has 0 heterocycles. The summed E-state index contributed by atoms with van der Waals surface area (Å²) in [5, 5.41) is 8.34. The van der Waals surface area contributed by atoms with Crippen LogP contribution in [0.1, 0.15) is 71.1 Å². The topological polar surface area (TPSA) is 37.3 Å². The highest BCUT2D eigenvalue weighted by atomic mass is 19.1. The average Bonchev–Trinajstić information content (AvgIpc) is 2.53. The van der Waals surface area contributed by atoms with Gasteiger partial charge in [0, 0.05) is 6.08 Å². The van der Waals surface area contributed by atoms with Crippen LogP contribution in [0, 0.1) is 0 Å². The van der Waals surface area contributed by atoms with Crippen molar-refractivity contribution in [2.45, 2.75) is 71.1 Å². The molecule has 2 nitrogen and oxygen atoms in total. The fourth-order valence-electron chi connectivity index (χ4n) is 2.21. The number of aliphatic carboxylic acids is 1. The maximum Gasteiger partial charge on any atom is 0.328 e. The van der Waals surface area contributed by atoms with Gasteiger partial charge in [0.05, 0.1) is 5.83 Å². The standard InChI is InChI=1S/C20H30F2O2/c1-2-3-4-5-6-7-8-9-10-13-18(21)14-11-15-19(22)16-12-17-20(23)24/h11-12,14-17H,2-10,13H2,1H3,(H,23,24)/b15-11+,17-12+,18-14-,19-16-. The second kappa shape index (κ2) is 16.2. The third-order valence-corrected chi connectivity index (χ3v) is 3.55. The number of halogens is 2. The van der Waals surface area contributed by atoms with Crippen molar-refractivity contribution in [1.82, 2.24) is 0 Å². The van der Waals surface area contributed by atoms with Gasteiger partial charge in [-0.25, -0.2) is 13.6 Å². The number of hydrogen-bond acceptors (Lipinski definition) is 1. The minimum atomic E-state index is -1.14. The summed E-state index contributed by atoms with van der Waals surface area (Å²) >= 11 is 0. The predicted octanol–water partition coefficient (Wildman–Crippen LogP) is 6.81. The Morgan fingerprint density at radius 1 is 0.833 bits per heavy atom. The number of carboxylic acid groups (broad SMARTS) is 1. The van der Waals surface area contributed by atoms with Crippen LogP contribution < -0.4 is 0 Å². The Kier molecular flexibility index (Phi) is 15.0. The van der Waals surface area contributed by atoms with E-state index >= 15 is 0 Å². The zero-order valence-electron chi connectivity index (χ0n) is 14.6. The van der Waals surface area contributed by atoms with E-state index in [0.29, 0.717) is 6.42 Å². The first kappa shape index (κ1) is 22.3. The zero-order valence-corrected chi connectivity index (χ0v) is 14.6. The molecule has 0 aliphatic heterocycles. The number of hydrogen-bond donors (Lipinski definition) is 1. The lowest BCUT2D eigenvalue weighted by atomic mass is 10.1. The summed E-state index contributed by atoms with van der Waals surface area (Å²) in [6, 6.07) is 0. The van der Waals surface area contributed by atoms with Gasteiger partial charge in [0.25, 0.3) is 0 Å². The van der Waals surface area contributed by atoms with Crippen LogP contribution in [-0.4, -0.2) is 11.1 Å². The lowest BCUT2D eigenvalue weighted by Crippen LogP contribution is -1.84. The van der Waals surface area contributed by atoms with Gasteiger partial charge in [-0.2, -0.15) is 0 Å². The lowest BCUT2D eigenvalue weighted by molar-refractivity contribution is -0.131. The van der Waals surface area contributed by atoms with E-state index in [-0.39, 0.29) is 5.83 Å². The van der Waals surface area contributed by atoms with E-state index in [4.69, 9.17) is 5.11 Å². The minimum Gasteiger partial charge on any atom is -0.478 e. The van der Waals surface area contributed by atoms with Crippen molar-refractivity contribution in [3.63, 3.8) is 0 Å². The third kappa shape index (κ3) is 16.7. The monoisotopic (exact) mass is 340 g/mol. The molecule has 0 unspecified atom stereocenters. The molecule has 0 saturated heterocycles. The van der Waals surface area contributed by atoms with Gasteiger partial charge < -0.3 is 5.11 Å². The first-order valence-electron chi connectivity index (χ1n) is 8.85. The Hall–Kier alpha value is -1.71. The molecule has 0 aromatic rings. The molecule has 0 bridgehead atoms. The second-order valence-electron chi connectivity index (χ2n) is 5.80. The molecule has 0 saturated carbocycles. The number of allylic oxidation sites excluding steroid dienone is 7. The molecule has 0 fully saturated rings. The highest BCUT2D eigenvalue weighted by molar-refractivity contribution is 5.80. The summed E-state index contributed by atoms with van der Waals surface area (Å²) in [5.74, 6) is -2.03. The molecule has 0 spiro atoms. The van der Waals surface area contributed by atoms with E-state index < -0.39 is 11.8 Å². The highest BCUT2D eigenvalue weighted by Crippen LogP contribution is 2.14. The first-order chi connectivity index (χ1) is 11.6. The number of unbranched alkanes of at least 4 members (excludes halogenated alkanes) is 8. The van der Waals surface area contributed by atoms with Crippen LogP contribution in [0.4, 0.5) is 8.78 Å². The van der Waals surface area contributed by atoms with Crippen LogP contribution in [0.5, 0.6) is 0 Å². The second-order valence-corrected chi connectivity index (χ2v) is 5.80. The molecule has 136 valence electrons. The normalized spacial score (nSPS) is 13.3. The summed E-state index contributed by atoms with van der Waals surface area (Å²) in [7, 11) is 0. The van der Waals surface area contributed by atoms with Crippen LogP contribution in [0.2, 0.25) is 0 Å². The van der Waals surface area contributed by atoms with Crippen LogP contribution in [0.3, 0.4) is 0 Å². The van der Waals surface area contributed by atoms with Crippen molar-refractivity contribution >= 4 is 5.97 Å². The summed E-state index contributed by atoms with van der Waals surface area (Å²) in [5.41, 5.74) is 0. The van der Waals surface area contributed by atoms with Gasteiger partial charge in [0.15, 0.2) is 0 Å². The van der Waals surface area contributed by atoms with E-state index in [1.807, 2.05) is 0 Å². The molecular formula is C20H30F2O2. The van der Waals surface area contributed by atoms with E-state index in [9.17, 15) is 13.6 Å². The van der Waals surface area contributed by atoms with Gasteiger partial charge in [-0.15, -0.1) is 0 Å².